The number of hydrogen-bond donors (Lipinski definition) is 2. The third-order valence-corrected chi connectivity index (χ3v) is 4.00. The summed E-state index contributed by atoms with van der Waals surface area (Å²) in [6.07, 6.45) is 1.52. The standard InChI is InChI=1S/C16H21N3O/c1-2-17-9-7-16(20)19-10-8-15-13(11-19)12-5-3-4-6-14(12)18-15/h3-6,17-18H,2,7-11H2,1H3. The molecule has 3 rings (SSSR count). The van der Waals surface area contributed by atoms with Crippen molar-refractivity contribution in [3.63, 3.8) is 0 Å². The molecule has 106 valence electrons. The van der Waals surface area contributed by atoms with Gasteiger partial charge in [-0.05, 0) is 12.6 Å². The fourth-order valence-corrected chi connectivity index (χ4v) is 2.91. The monoisotopic (exact) mass is 271 g/mol. The van der Waals surface area contributed by atoms with Gasteiger partial charge in [0.1, 0.15) is 0 Å². The lowest BCUT2D eigenvalue weighted by Gasteiger charge is -2.27. The predicted molar refractivity (Wildman–Crippen MR) is 80.6 cm³/mol. The van der Waals surface area contributed by atoms with Gasteiger partial charge in [-0.3, -0.25) is 4.79 Å². The van der Waals surface area contributed by atoms with Gasteiger partial charge in [0.05, 0.1) is 0 Å². The lowest BCUT2D eigenvalue weighted by atomic mass is 10.0. The number of aromatic nitrogens is 1. The number of aromatic amines is 1. The molecule has 20 heavy (non-hydrogen) atoms. The number of amides is 1. The van der Waals surface area contributed by atoms with Gasteiger partial charge >= 0.3 is 0 Å². The van der Waals surface area contributed by atoms with Crippen LogP contribution in [-0.4, -0.2) is 35.4 Å². The van der Waals surface area contributed by atoms with E-state index in [2.05, 4.69) is 35.4 Å². The summed E-state index contributed by atoms with van der Waals surface area (Å²) in [7, 11) is 0. The van der Waals surface area contributed by atoms with Crippen molar-refractivity contribution in [2.45, 2.75) is 26.3 Å². The van der Waals surface area contributed by atoms with Gasteiger partial charge in [0.25, 0.3) is 0 Å². The second-order valence-corrected chi connectivity index (χ2v) is 5.30. The third-order valence-electron chi connectivity index (χ3n) is 4.00. The highest BCUT2D eigenvalue weighted by atomic mass is 16.2. The lowest BCUT2D eigenvalue weighted by molar-refractivity contribution is -0.132. The number of hydrogen-bond acceptors (Lipinski definition) is 2. The van der Waals surface area contributed by atoms with Crippen LogP contribution in [0.5, 0.6) is 0 Å². The van der Waals surface area contributed by atoms with Gasteiger partial charge in [-0.15, -0.1) is 0 Å². The van der Waals surface area contributed by atoms with Crippen LogP contribution in [0.1, 0.15) is 24.6 Å². The molecule has 4 heteroatoms. The molecular weight excluding hydrogens is 250 g/mol. The van der Waals surface area contributed by atoms with Crippen LogP contribution in [0.4, 0.5) is 0 Å². The van der Waals surface area contributed by atoms with Gasteiger partial charge in [0, 0.05) is 54.6 Å². The minimum atomic E-state index is 0.252. The molecule has 2 aromatic rings. The van der Waals surface area contributed by atoms with Crippen LogP contribution in [0.25, 0.3) is 10.9 Å². The maximum Gasteiger partial charge on any atom is 0.224 e. The van der Waals surface area contributed by atoms with Crippen LogP contribution >= 0.6 is 0 Å². The van der Waals surface area contributed by atoms with Gasteiger partial charge in [0.15, 0.2) is 0 Å². The Labute approximate surface area is 119 Å². The number of nitrogens with zero attached hydrogens (tertiary/aromatic N) is 1. The first-order chi connectivity index (χ1) is 9.79. The fraction of sp³-hybridized carbons (Fsp3) is 0.438. The minimum absolute atomic E-state index is 0.252. The van der Waals surface area contributed by atoms with Crippen molar-refractivity contribution >= 4 is 16.8 Å². The Balaban J connectivity index is 1.76. The molecule has 1 aromatic carbocycles. The van der Waals surface area contributed by atoms with E-state index in [4.69, 9.17) is 0 Å². The largest absolute Gasteiger partial charge is 0.358 e. The number of rotatable bonds is 4. The molecule has 1 aliphatic heterocycles. The Hall–Kier alpha value is -1.81. The Kier molecular flexibility index (Phi) is 3.74. The van der Waals surface area contributed by atoms with Crippen LogP contribution in [0.2, 0.25) is 0 Å². The molecule has 2 heterocycles. The van der Waals surface area contributed by atoms with Crippen LogP contribution in [-0.2, 0) is 17.8 Å². The number of fused-ring (bicyclic) bond motifs is 3. The first-order valence-corrected chi connectivity index (χ1v) is 7.36. The maximum absolute atomic E-state index is 12.2. The average Bonchev–Trinajstić information content (AvgIpc) is 2.85. The van der Waals surface area contributed by atoms with Crippen LogP contribution in [0, 0.1) is 0 Å². The summed E-state index contributed by atoms with van der Waals surface area (Å²) < 4.78 is 0. The van der Waals surface area contributed by atoms with E-state index < -0.39 is 0 Å². The summed E-state index contributed by atoms with van der Waals surface area (Å²) >= 11 is 0. The first-order valence-electron chi connectivity index (χ1n) is 7.36. The molecule has 2 N–H and O–H groups in total. The quantitative estimate of drug-likeness (QED) is 0.836. The topological polar surface area (TPSA) is 48.1 Å². The molecule has 1 aromatic heterocycles. The van der Waals surface area contributed by atoms with Crippen molar-refractivity contribution in [1.29, 1.82) is 0 Å². The van der Waals surface area contributed by atoms with Crippen molar-refractivity contribution < 1.29 is 4.79 Å². The van der Waals surface area contributed by atoms with Gasteiger partial charge < -0.3 is 15.2 Å². The second kappa shape index (κ2) is 5.67. The average molecular weight is 271 g/mol. The molecule has 0 saturated heterocycles. The highest BCUT2D eigenvalue weighted by Gasteiger charge is 2.23. The van der Waals surface area contributed by atoms with E-state index in [0.29, 0.717) is 6.42 Å². The third kappa shape index (κ3) is 2.43. The van der Waals surface area contributed by atoms with E-state index in [0.717, 1.165) is 32.6 Å². The fourth-order valence-electron chi connectivity index (χ4n) is 2.91. The van der Waals surface area contributed by atoms with E-state index in [1.807, 2.05) is 11.0 Å². The molecule has 0 saturated carbocycles. The SMILES string of the molecule is CCNCCC(=O)N1CCc2[nH]c3ccccc3c2C1. The van der Waals surface area contributed by atoms with Crippen LogP contribution in [0.15, 0.2) is 24.3 Å². The summed E-state index contributed by atoms with van der Waals surface area (Å²) in [5.74, 6) is 0.252. The normalized spacial score (nSPS) is 14.6. The molecule has 0 fully saturated rings. The second-order valence-electron chi connectivity index (χ2n) is 5.30. The number of nitrogens with one attached hydrogen (secondary N) is 2. The molecule has 0 radical (unpaired) electrons. The molecule has 0 unspecified atom stereocenters. The summed E-state index contributed by atoms with van der Waals surface area (Å²) in [5, 5.41) is 4.46. The van der Waals surface area contributed by atoms with Crippen LogP contribution in [0.3, 0.4) is 0 Å². The minimum Gasteiger partial charge on any atom is -0.358 e. The summed E-state index contributed by atoms with van der Waals surface area (Å²) in [5.41, 5.74) is 3.77. The number of H-pyrrole nitrogens is 1. The van der Waals surface area contributed by atoms with Crippen molar-refractivity contribution in [2.24, 2.45) is 0 Å². The molecule has 1 aliphatic rings. The maximum atomic E-state index is 12.2. The Morgan fingerprint density at radius 1 is 1.40 bits per heavy atom. The van der Waals surface area contributed by atoms with E-state index in [1.54, 1.807) is 0 Å². The van der Waals surface area contributed by atoms with Gasteiger partial charge in [-0.1, -0.05) is 25.1 Å². The van der Waals surface area contributed by atoms with Crippen molar-refractivity contribution in [3.8, 4) is 0 Å². The van der Waals surface area contributed by atoms with E-state index >= 15 is 0 Å². The summed E-state index contributed by atoms with van der Waals surface area (Å²) in [6.45, 7) is 5.31. The van der Waals surface area contributed by atoms with Crippen molar-refractivity contribution in [1.82, 2.24) is 15.2 Å². The van der Waals surface area contributed by atoms with E-state index in [1.165, 1.54) is 22.2 Å². The summed E-state index contributed by atoms with van der Waals surface area (Å²) in [6, 6.07) is 8.34. The zero-order chi connectivity index (χ0) is 13.9. The summed E-state index contributed by atoms with van der Waals surface area (Å²) in [4.78, 5) is 17.7. The van der Waals surface area contributed by atoms with E-state index in [9.17, 15) is 4.79 Å². The first kappa shape index (κ1) is 13.2. The van der Waals surface area contributed by atoms with Gasteiger partial charge in [0.2, 0.25) is 5.91 Å². The highest BCUT2D eigenvalue weighted by Crippen LogP contribution is 2.27. The highest BCUT2D eigenvalue weighted by molar-refractivity contribution is 5.86. The van der Waals surface area contributed by atoms with Crippen molar-refractivity contribution in [2.75, 3.05) is 19.6 Å². The Morgan fingerprint density at radius 3 is 3.10 bits per heavy atom. The number of para-hydroxylation sites is 1. The van der Waals surface area contributed by atoms with E-state index in [-0.39, 0.29) is 5.91 Å². The number of benzene rings is 1. The molecule has 0 aliphatic carbocycles. The van der Waals surface area contributed by atoms with Gasteiger partial charge in [-0.25, -0.2) is 0 Å². The molecular formula is C16H21N3O. The Morgan fingerprint density at radius 2 is 2.25 bits per heavy atom. The molecule has 0 spiro atoms. The molecule has 1 amide bonds. The smallest absolute Gasteiger partial charge is 0.224 e. The molecule has 0 atom stereocenters. The zero-order valence-corrected chi connectivity index (χ0v) is 11.9. The molecule has 0 bridgehead atoms. The van der Waals surface area contributed by atoms with Crippen LogP contribution < -0.4 is 5.32 Å². The number of carbonyl (C=O) groups excluding carboxylic acids is 1. The zero-order valence-electron chi connectivity index (χ0n) is 11.9. The Bertz CT molecular complexity index is 617. The lowest BCUT2D eigenvalue weighted by Crippen LogP contribution is -2.37. The van der Waals surface area contributed by atoms with Crippen molar-refractivity contribution in [3.05, 3.63) is 35.5 Å². The predicted octanol–water partition coefficient (Wildman–Crippen LogP) is 2.05. The molecule has 4 nitrogen and oxygen atoms in total. The van der Waals surface area contributed by atoms with Gasteiger partial charge in [-0.2, -0.15) is 0 Å². The number of carbonyl (C=O) groups is 1.